The van der Waals surface area contributed by atoms with Crippen molar-refractivity contribution in [2.45, 2.75) is 25.1 Å². The molecule has 1 aliphatic heterocycles. The molecule has 0 saturated carbocycles. The van der Waals surface area contributed by atoms with Crippen molar-refractivity contribution in [3.05, 3.63) is 35.9 Å². The Kier molecular flexibility index (Phi) is 4.39. The van der Waals surface area contributed by atoms with Gasteiger partial charge in [0.25, 0.3) is 0 Å². The average molecular weight is 248 g/mol. The number of esters is 1. The van der Waals surface area contributed by atoms with Gasteiger partial charge in [0.1, 0.15) is 14.5 Å². The van der Waals surface area contributed by atoms with Crippen molar-refractivity contribution >= 4 is 13.8 Å². The number of aliphatic hydroxyl groups is 1. The monoisotopic (exact) mass is 248 g/mol. The van der Waals surface area contributed by atoms with E-state index < -0.39 is 0 Å². The Hall–Kier alpha value is -1.33. The van der Waals surface area contributed by atoms with Crippen LogP contribution in [0, 0.1) is 5.92 Å². The fourth-order valence-corrected chi connectivity index (χ4v) is 2.17. The zero-order chi connectivity index (χ0) is 13.0. The van der Waals surface area contributed by atoms with Crippen LogP contribution in [0.25, 0.3) is 0 Å². The normalized spacial score (nSPS) is 27.1. The first-order valence-corrected chi connectivity index (χ1v) is 6.17. The van der Waals surface area contributed by atoms with Gasteiger partial charge in [-0.3, -0.25) is 4.79 Å². The summed E-state index contributed by atoms with van der Waals surface area (Å²) in [5.41, 5.74) is 0.969. The summed E-state index contributed by atoms with van der Waals surface area (Å²) in [5, 5.41) is 9.01. The Morgan fingerprint density at radius 3 is 2.78 bits per heavy atom. The van der Waals surface area contributed by atoms with Crippen LogP contribution < -0.4 is 0 Å². The zero-order valence-corrected chi connectivity index (χ0v) is 10.4. The van der Waals surface area contributed by atoms with Crippen molar-refractivity contribution in [3.63, 3.8) is 0 Å². The molecule has 1 aliphatic rings. The summed E-state index contributed by atoms with van der Waals surface area (Å²) in [5.74, 6) is -0.520. The summed E-state index contributed by atoms with van der Waals surface area (Å²) in [7, 11) is 1.84. The lowest BCUT2D eigenvalue weighted by Crippen LogP contribution is -2.26. The molecule has 0 radical (unpaired) electrons. The van der Waals surface area contributed by atoms with E-state index in [2.05, 4.69) is 0 Å². The molecule has 1 aromatic rings. The molecule has 1 saturated heterocycles. The maximum absolute atomic E-state index is 11.9. The van der Waals surface area contributed by atoms with Crippen LogP contribution >= 0.6 is 0 Å². The van der Waals surface area contributed by atoms with E-state index in [-0.39, 0.29) is 37.2 Å². The molecule has 18 heavy (non-hydrogen) atoms. The smallest absolute Gasteiger partial charge is 0.311 e. The van der Waals surface area contributed by atoms with Gasteiger partial charge in [0.15, 0.2) is 0 Å². The first-order valence-electron chi connectivity index (χ1n) is 6.17. The van der Waals surface area contributed by atoms with Crippen molar-refractivity contribution in [1.82, 2.24) is 0 Å². The molecule has 4 nitrogen and oxygen atoms in total. The standard InChI is InChI=1S/C13H17BO4/c14-12-11(6-10(7-15)18-12)13(16)17-8-9-4-2-1-3-5-9/h1-5,10-12,15H,6-8,14H2/t10?,11?,12-/m1/s1. The van der Waals surface area contributed by atoms with Gasteiger partial charge >= 0.3 is 5.97 Å². The number of benzene rings is 1. The van der Waals surface area contributed by atoms with Crippen molar-refractivity contribution in [1.29, 1.82) is 0 Å². The van der Waals surface area contributed by atoms with E-state index in [1.54, 1.807) is 0 Å². The lowest BCUT2D eigenvalue weighted by atomic mass is 9.86. The number of hydrogen-bond acceptors (Lipinski definition) is 4. The van der Waals surface area contributed by atoms with Gasteiger partial charge in [0.2, 0.25) is 0 Å². The van der Waals surface area contributed by atoms with Gasteiger partial charge in [0, 0.05) is 6.00 Å². The Morgan fingerprint density at radius 1 is 1.44 bits per heavy atom. The highest BCUT2D eigenvalue weighted by molar-refractivity contribution is 6.13. The molecule has 2 rings (SSSR count). The molecular formula is C13H17BO4. The summed E-state index contributed by atoms with van der Waals surface area (Å²) >= 11 is 0. The average Bonchev–Trinajstić information content (AvgIpc) is 2.78. The predicted molar refractivity (Wildman–Crippen MR) is 68.6 cm³/mol. The third-order valence-corrected chi connectivity index (χ3v) is 3.22. The van der Waals surface area contributed by atoms with Gasteiger partial charge in [-0.05, 0) is 12.0 Å². The maximum atomic E-state index is 11.9. The Morgan fingerprint density at radius 2 is 2.17 bits per heavy atom. The van der Waals surface area contributed by atoms with Crippen molar-refractivity contribution in [2.24, 2.45) is 5.92 Å². The highest BCUT2D eigenvalue weighted by Crippen LogP contribution is 2.25. The second kappa shape index (κ2) is 6.02. The molecule has 1 N–H and O–H groups in total. The van der Waals surface area contributed by atoms with Gasteiger partial charge in [-0.2, -0.15) is 0 Å². The molecule has 1 aromatic carbocycles. The minimum Gasteiger partial charge on any atom is -0.461 e. The van der Waals surface area contributed by atoms with Crippen LogP contribution in [0.4, 0.5) is 0 Å². The first-order chi connectivity index (χ1) is 8.70. The third-order valence-electron chi connectivity index (χ3n) is 3.22. The van der Waals surface area contributed by atoms with Crippen LogP contribution in [-0.4, -0.2) is 37.6 Å². The van der Waals surface area contributed by atoms with E-state index in [9.17, 15) is 4.79 Å². The molecule has 5 heteroatoms. The van der Waals surface area contributed by atoms with Gasteiger partial charge in [0.05, 0.1) is 18.6 Å². The van der Waals surface area contributed by atoms with Crippen LogP contribution in [0.15, 0.2) is 30.3 Å². The quantitative estimate of drug-likeness (QED) is 0.606. The number of hydrogen-bond donors (Lipinski definition) is 1. The SMILES string of the molecule is B[C@@H]1OC(CO)CC1C(=O)OCc1ccccc1. The molecular weight excluding hydrogens is 231 g/mol. The molecule has 96 valence electrons. The van der Waals surface area contributed by atoms with Crippen LogP contribution in [-0.2, 0) is 20.9 Å². The molecule has 0 bridgehead atoms. The van der Waals surface area contributed by atoms with E-state index in [0.717, 1.165) is 5.56 Å². The first kappa shape index (κ1) is 13.1. The molecule has 1 heterocycles. The van der Waals surface area contributed by atoms with Gasteiger partial charge < -0.3 is 14.6 Å². The summed E-state index contributed by atoms with van der Waals surface area (Å²) < 4.78 is 10.7. The highest BCUT2D eigenvalue weighted by atomic mass is 16.5. The fourth-order valence-electron chi connectivity index (χ4n) is 2.17. The number of ether oxygens (including phenoxy) is 2. The zero-order valence-electron chi connectivity index (χ0n) is 10.4. The number of aliphatic hydroxyl groups excluding tert-OH is 1. The van der Waals surface area contributed by atoms with E-state index in [1.165, 1.54) is 0 Å². The molecule has 0 aromatic heterocycles. The van der Waals surface area contributed by atoms with Crippen LogP contribution in [0.1, 0.15) is 12.0 Å². The third kappa shape index (κ3) is 3.12. The molecule has 0 spiro atoms. The summed E-state index contributed by atoms with van der Waals surface area (Å²) in [6.07, 6.45) is 0.292. The molecule has 0 amide bonds. The van der Waals surface area contributed by atoms with Crippen molar-refractivity contribution in [2.75, 3.05) is 6.61 Å². The van der Waals surface area contributed by atoms with E-state index in [4.69, 9.17) is 14.6 Å². The topological polar surface area (TPSA) is 55.8 Å². The number of carbonyl (C=O) groups is 1. The Bertz CT molecular complexity index is 395. The maximum Gasteiger partial charge on any atom is 0.311 e. The van der Waals surface area contributed by atoms with Crippen LogP contribution in [0.3, 0.4) is 0 Å². The Labute approximate surface area is 107 Å². The molecule has 3 atom stereocenters. The Balaban J connectivity index is 1.85. The summed E-state index contributed by atoms with van der Waals surface area (Å²) in [4.78, 5) is 11.9. The van der Waals surface area contributed by atoms with Gasteiger partial charge in [-0.25, -0.2) is 0 Å². The minimum absolute atomic E-state index is 0.0488. The second-order valence-electron chi connectivity index (χ2n) is 4.58. The van der Waals surface area contributed by atoms with Crippen LogP contribution in [0.2, 0.25) is 0 Å². The summed E-state index contributed by atoms with van der Waals surface area (Å²) in [6.45, 7) is 0.236. The second-order valence-corrected chi connectivity index (χ2v) is 4.58. The van der Waals surface area contributed by atoms with E-state index >= 15 is 0 Å². The molecule has 0 aliphatic carbocycles. The van der Waals surface area contributed by atoms with Crippen molar-refractivity contribution < 1.29 is 19.4 Å². The van der Waals surface area contributed by atoms with Gasteiger partial charge in [-0.1, -0.05) is 30.3 Å². The minimum atomic E-state index is -0.272. The van der Waals surface area contributed by atoms with Crippen LogP contribution in [0.5, 0.6) is 0 Å². The molecule has 1 fully saturated rings. The van der Waals surface area contributed by atoms with Gasteiger partial charge in [-0.15, -0.1) is 0 Å². The van der Waals surface area contributed by atoms with E-state index in [0.29, 0.717) is 6.42 Å². The highest BCUT2D eigenvalue weighted by Gasteiger charge is 2.37. The lowest BCUT2D eigenvalue weighted by molar-refractivity contribution is -0.150. The number of carbonyl (C=O) groups excluding carboxylic acids is 1. The predicted octanol–water partition coefficient (Wildman–Crippen LogP) is 0.0864. The fraction of sp³-hybridized carbons (Fsp3) is 0.462. The summed E-state index contributed by atoms with van der Waals surface area (Å²) in [6, 6.07) is 9.38. The lowest BCUT2D eigenvalue weighted by Gasteiger charge is -2.13. The van der Waals surface area contributed by atoms with Crippen molar-refractivity contribution in [3.8, 4) is 0 Å². The van der Waals surface area contributed by atoms with E-state index in [1.807, 2.05) is 38.2 Å². The molecule has 2 unspecified atom stereocenters. The largest absolute Gasteiger partial charge is 0.461 e. The number of rotatable bonds is 4.